The van der Waals surface area contributed by atoms with Crippen molar-refractivity contribution in [2.75, 3.05) is 19.4 Å². The first kappa shape index (κ1) is 16.7. The molecule has 2 aromatic heterocycles. The number of hydrogen-bond acceptors (Lipinski definition) is 5. The predicted molar refractivity (Wildman–Crippen MR) is 97.5 cm³/mol. The molecule has 128 valence electrons. The molecule has 3 aromatic rings. The second kappa shape index (κ2) is 6.39. The Hall–Kier alpha value is -3.15. The highest BCUT2D eigenvalue weighted by Gasteiger charge is 2.10. The van der Waals surface area contributed by atoms with E-state index in [1.165, 1.54) is 11.0 Å². The topological polar surface area (TPSA) is 75.4 Å². The zero-order valence-corrected chi connectivity index (χ0v) is 14.6. The van der Waals surface area contributed by atoms with Crippen molar-refractivity contribution in [2.45, 2.75) is 13.8 Å². The minimum absolute atomic E-state index is 0.0911. The lowest BCUT2D eigenvalue weighted by atomic mass is 10.1. The Labute approximate surface area is 145 Å². The molecule has 0 aliphatic rings. The van der Waals surface area contributed by atoms with Gasteiger partial charge in [-0.05, 0) is 49.2 Å². The lowest BCUT2D eigenvalue weighted by Crippen LogP contribution is -2.21. The summed E-state index contributed by atoms with van der Waals surface area (Å²) in [5, 5.41) is 4.11. The predicted octanol–water partition coefficient (Wildman–Crippen LogP) is 3.25. The second-order valence-electron chi connectivity index (χ2n) is 6.17. The number of aryl methyl sites for hydroxylation is 2. The van der Waals surface area contributed by atoms with E-state index in [0.29, 0.717) is 17.0 Å². The van der Waals surface area contributed by atoms with Crippen molar-refractivity contribution in [3.63, 3.8) is 0 Å². The Morgan fingerprint density at radius 2 is 1.88 bits per heavy atom. The summed E-state index contributed by atoms with van der Waals surface area (Å²) in [5.41, 5.74) is 3.39. The average Bonchev–Trinajstić information content (AvgIpc) is 2.56. The van der Waals surface area contributed by atoms with Crippen molar-refractivity contribution in [2.24, 2.45) is 0 Å². The fourth-order valence-electron chi connectivity index (χ4n) is 2.59. The van der Waals surface area contributed by atoms with Crippen molar-refractivity contribution >= 4 is 28.4 Å². The van der Waals surface area contributed by atoms with Crippen LogP contribution in [0.15, 0.2) is 45.7 Å². The van der Waals surface area contributed by atoms with Crippen LogP contribution in [0.1, 0.15) is 21.5 Å². The van der Waals surface area contributed by atoms with E-state index in [-0.39, 0.29) is 11.5 Å². The fraction of sp³-hybridized carbons (Fsp3) is 0.211. The van der Waals surface area contributed by atoms with Crippen LogP contribution in [0.5, 0.6) is 0 Å². The van der Waals surface area contributed by atoms with Gasteiger partial charge in [-0.2, -0.15) is 0 Å². The molecular formula is C19H19N3O3. The Morgan fingerprint density at radius 3 is 2.52 bits per heavy atom. The standard InChI is InChI=1S/C19H19N3O3/c1-11-8-18(23)25-16-7-12(2)15(9-14(11)16)21-17-6-5-13(10-20-17)19(24)22(3)4/h5-10H,1-4H3,(H,20,21). The van der Waals surface area contributed by atoms with Crippen molar-refractivity contribution in [3.05, 3.63) is 63.6 Å². The molecule has 0 aliphatic heterocycles. The molecule has 6 heteroatoms. The molecule has 6 nitrogen and oxygen atoms in total. The molecule has 3 rings (SSSR count). The highest BCUT2D eigenvalue weighted by Crippen LogP contribution is 2.27. The quantitative estimate of drug-likeness (QED) is 0.743. The Balaban J connectivity index is 1.94. The number of pyridine rings is 1. The number of fused-ring (bicyclic) bond motifs is 1. The summed E-state index contributed by atoms with van der Waals surface area (Å²) in [5.74, 6) is 0.541. The lowest BCUT2D eigenvalue weighted by Gasteiger charge is -2.12. The summed E-state index contributed by atoms with van der Waals surface area (Å²) in [4.78, 5) is 29.2. The molecule has 0 unspecified atom stereocenters. The minimum atomic E-state index is -0.354. The molecule has 1 aromatic carbocycles. The van der Waals surface area contributed by atoms with Gasteiger partial charge in [0.25, 0.3) is 5.91 Å². The molecule has 0 saturated carbocycles. The van der Waals surface area contributed by atoms with Crippen LogP contribution in [-0.4, -0.2) is 29.9 Å². The van der Waals surface area contributed by atoms with Crippen LogP contribution in [0.2, 0.25) is 0 Å². The van der Waals surface area contributed by atoms with E-state index in [4.69, 9.17) is 4.42 Å². The maximum atomic E-state index is 11.9. The third-order valence-corrected chi connectivity index (χ3v) is 3.98. The highest BCUT2D eigenvalue weighted by atomic mass is 16.4. The first-order chi connectivity index (χ1) is 11.8. The van der Waals surface area contributed by atoms with Crippen LogP contribution in [0, 0.1) is 13.8 Å². The van der Waals surface area contributed by atoms with Gasteiger partial charge in [0.15, 0.2) is 0 Å². The smallest absolute Gasteiger partial charge is 0.336 e. The number of nitrogens with zero attached hydrogens (tertiary/aromatic N) is 2. The molecule has 0 bridgehead atoms. The average molecular weight is 337 g/mol. The number of aromatic nitrogens is 1. The number of nitrogens with one attached hydrogen (secondary N) is 1. The van der Waals surface area contributed by atoms with Gasteiger partial charge in [0.05, 0.1) is 5.56 Å². The molecule has 0 atom stereocenters. The third kappa shape index (κ3) is 3.38. The van der Waals surface area contributed by atoms with Gasteiger partial charge in [0, 0.05) is 37.4 Å². The maximum absolute atomic E-state index is 11.9. The second-order valence-corrected chi connectivity index (χ2v) is 6.17. The number of amides is 1. The van der Waals surface area contributed by atoms with Crippen LogP contribution in [0.3, 0.4) is 0 Å². The summed E-state index contributed by atoms with van der Waals surface area (Å²) in [6.07, 6.45) is 1.55. The van der Waals surface area contributed by atoms with Crippen LogP contribution in [-0.2, 0) is 0 Å². The summed E-state index contributed by atoms with van der Waals surface area (Å²) in [6, 6.07) is 8.73. The molecule has 0 aliphatic carbocycles. The Kier molecular flexibility index (Phi) is 4.27. The van der Waals surface area contributed by atoms with Crippen molar-refractivity contribution in [3.8, 4) is 0 Å². The largest absolute Gasteiger partial charge is 0.423 e. The van der Waals surface area contributed by atoms with Gasteiger partial charge in [0.2, 0.25) is 0 Å². The zero-order chi connectivity index (χ0) is 18.1. The molecule has 1 amide bonds. The van der Waals surface area contributed by atoms with Gasteiger partial charge in [0.1, 0.15) is 11.4 Å². The zero-order valence-electron chi connectivity index (χ0n) is 14.6. The lowest BCUT2D eigenvalue weighted by molar-refractivity contribution is 0.0827. The van der Waals surface area contributed by atoms with Gasteiger partial charge in [-0.1, -0.05) is 0 Å². The highest BCUT2D eigenvalue weighted by molar-refractivity contribution is 5.93. The van der Waals surface area contributed by atoms with Gasteiger partial charge in [-0.15, -0.1) is 0 Å². The maximum Gasteiger partial charge on any atom is 0.336 e. The number of hydrogen-bond donors (Lipinski definition) is 1. The first-order valence-electron chi connectivity index (χ1n) is 7.85. The summed E-state index contributed by atoms with van der Waals surface area (Å²) >= 11 is 0. The SMILES string of the molecule is Cc1cc2oc(=O)cc(C)c2cc1Nc1ccc(C(=O)N(C)C)cn1. The molecule has 25 heavy (non-hydrogen) atoms. The van der Waals surface area contributed by atoms with E-state index in [1.807, 2.05) is 26.0 Å². The molecule has 0 saturated heterocycles. The van der Waals surface area contributed by atoms with Gasteiger partial charge < -0.3 is 14.6 Å². The fourth-order valence-corrected chi connectivity index (χ4v) is 2.59. The number of carbonyl (C=O) groups is 1. The molecular weight excluding hydrogens is 318 g/mol. The normalized spacial score (nSPS) is 10.7. The molecule has 1 N–H and O–H groups in total. The van der Waals surface area contributed by atoms with Gasteiger partial charge >= 0.3 is 5.63 Å². The number of benzene rings is 1. The van der Waals surface area contributed by atoms with Crippen molar-refractivity contribution in [1.29, 1.82) is 0 Å². The first-order valence-corrected chi connectivity index (χ1v) is 7.85. The van der Waals surface area contributed by atoms with E-state index in [2.05, 4.69) is 10.3 Å². The molecule has 0 radical (unpaired) electrons. The van der Waals surface area contributed by atoms with E-state index < -0.39 is 0 Å². The van der Waals surface area contributed by atoms with E-state index in [1.54, 1.807) is 32.4 Å². The molecule has 2 heterocycles. The van der Waals surface area contributed by atoms with Crippen LogP contribution in [0.4, 0.5) is 11.5 Å². The summed E-state index contributed by atoms with van der Waals surface area (Å²) in [6.45, 7) is 3.80. The van der Waals surface area contributed by atoms with Crippen LogP contribution < -0.4 is 10.9 Å². The Morgan fingerprint density at radius 1 is 1.12 bits per heavy atom. The summed E-state index contributed by atoms with van der Waals surface area (Å²) < 4.78 is 5.25. The minimum Gasteiger partial charge on any atom is -0.423 e. The Bertz CT molecular complexity index is 1000. The van der Waals surface area contributed by atoms with Crippen LogP contribution in [0.25, 0.3) is 11.0 Å². The summed E-state index contributed by atoms with van der Waals surface area (Å²) in [7, 11) is 3.40. The monoisotopic (exact) mass is 337 g/mol. The number of carbonyl (C=O) groups excluding carboxylic acids is 1. The van der Waals surface area contributed by atoms with Crippen molar-refractivity contribution < 1.29 is 9.21 Å². The molecule has 0 spiro atoms. The van der Waals surface area contributed by atoms with Crippen LogP contribution >= 0.6 is 0 Å². The van der Waals surface area contributed by atoms with E-state index >= 15 is 0 Å². The number of anilines is 2. The number of rotatable bonds is 3. The third-order valence-electron chi connectivity index (χ3n) is 3.98. The van der Waals surface area contributed by atoms with E-state index in [9.17, 15) is 9.59 Å². The van der Waals surface area contributed by atoms with E-state index in [0.717, 1.165) is 22.2 Å². The van der Waals surface area contributed by atoms with Gasteiger partial charge in [-0.3, -0.25) is 4.79 Å². The van der Waals surface area contributed by atoms with Gasteiger partial charge in [-0.25, -0.2) is 9.78 Å². The molecule has 0 fully saturated rings. The van der Waals surface area contributed by atoms with Crippen molar-refractivity contribution in [1.82, 2.24) is 9.88 Å².